The van der Waals surface area contributed by atoms with Gasteiger partial charge < -0.3 is 14.8 Å². The summed E-state index contributed by atoms with van der Waals surface area (Å²) in [7, 11) is 0. The lowest BCUT2D eigenvalue weighted by atomic mass is 9.95. The van der Waals surface area contributed by atoms with Crippen molar-refractivity contribution in [3.63, 3.8) is 0 Å². The van der Waals surface area contributed by atoms with Gasteiger partial charge in [-0.3, -0.25) is 9.48 Å². The van der Waals surface area contributed by atoms with Gasteiger partial charge in [-0.2, -0.15) is 5.10 Å². The van der Waals surface area contributed by atoms with Gasteiger partial charge in [0, 0.05) is 6.20 Å². The Labute approximate surface area is 155 Å². The Morgan fingerprint density at radius 1 is 1.19 bits per heavy atom. The first-order valence-electron chi connectivity index (χ1n) is 9.12. The summed E-state index contributed by atoms with van der Waals surface area (Å²) in [6.45, 7) is 11.3. The first-order valence-corrected chi connectivity index (χ1v) is 9.12. The van der Waals surface area contributed by atoms with E-state index >= 15 is 0 Å². The van der Waals surface area contributed by atoms with Crippen LogP contribution in [0.3, 0.4) is 0 Å². The first-order chi connectivity index (χ1) is 12.4. The molecule has 0 spiro atoms. The van der Waals surface area contributed by atoms with Crippen LogP contribution in [0, 0.1) is 12.8 Å². The maximum Gasteiger partial charge on any atom is 0.242 e. The molecule has 6 nitrogen and oxygen atoms in total. The molecule has 2 rings (SSSR count). The molecule has 0 saturated heterocycles. The normalized spacial score (nSPS) is 12.1. The molecule has 0 aliphatic heterocycles. The molecule has 0 bridgehead atoms. The largest absolute Gasteiger partial charge is 0.490 e. The van der Waals surface area contributed by atoms with Crippen LogP contribution in [0.15, 0.2) is 30.6 Å². The van der Waals surface area contributed by atoms with Gasteiger partial charge in [0.2, 0.25) is 5.91 Å². The molecule has 0 fully saturated rings. The summed E-state index contributed by atoms with van der Waals surface area (Å²) in [5, 5.41) is 7.29. The molecule has 2 aromatic rings. The van der Waals surface area contributed by atoms with Gasteiger partial charge in [0.05, 0.1) is 25.5 Å². The zero-order valence-electron chi connectivity index (χ0n) is 16.3. The minimum absolute atomic E-state index is 0.0707. The minimum Gasteiger partial charge on any atom is -0.490 e. The van der Waals surface area contributed by atoms with Crippen LogP contribution in [0.1, 0.15) is 44.9 Å². The molecule has 0 saturated carbocycles. The van der Waals surface area contributed by atoms with E-state index in [0.717, 1.165) is 16.9 Å². The molecule has 1 N–H and O–H groups in total. The summed E-state index contributed by atoms with van der Waals surface area (Å²) in [4.78, 5) is 12.5. The van der Waals surface area contributed by atoms with Crippen LogP contribution in [0.4, 0.5) is 0 Å². The van der Waals surface area contributed by atoms with Crippen LogP contribution in [-0.4, -0.2) is 28.9 Å². The number of benzene rings is 1. The van der Waals surface area contributed by atoms with Gasteiger partial charge in [-0.05, 0) is 49.9 Å². The number of hydrogen-bond donors (Lipinski definition) is 1. The predicted molar refractivity (Wildman–Crippen MR) is 101 cm³/mol. The van der Waals surface area contributed by atoms with Gasteiger partial charge in [-0.25, -0.2) is 0 Å². The number of nitrogens with zero attached hydrogens (tertiary/aromatic N) is 2. The number of aromatic nitrogens is 2. The van der Waals surface area contributed by atoms with Crippen molar-refractivity contribution in [3.8, 4) is 11.5 Å². The van der Waals surface area contributed by atoms with Crippen molar-refractivity contribution in [3.05, 3.63) is 41.7 Å². The third-order valence-corrected chi connectivity index (χ3v) is 3.98. The highest BCUT2D eigenvalue weighted by atomic mass is 16.5. The number of carbonyl (C=O) groups is 1. The minimum atomic E-state index is -0.117. The van der Waals surface area contributed by atoms with E-state index in [4.69, 9.17) is 9.47 Å². The first kappa shape index (κ1) is 19.8. The lowest BCUT2D eigenvalue weighted by Gasteiger charge is -2.24. The zero-order valence-corrected chi connectivity index (χ0v) is 16.3. The lowest BCUT2D eigenvalue weighted by Crippen LogP contribution is -2.34. The zero-order chi connectivity index (χ0) is 19.1. The van der Waals surface area contributed by atoms with E-state index < -0.39 is 0 Å². The molecule has 1 heterocycles. The molecule has 1 atom stereocenters. The molecular formula is C20H29N3O3. The molecule has 26 heavy (non-hydrogen) atoms. The Kier molecular flexibility index (Phi) is 7.06. The standard InChI is InChI=1S/C20H29N3O3/c1-6-25-17-9-8-16(10-18(17)26-7-2)20(14(3)4)22-19(24)13-23-12-15(5)11-21-23/h8-12,14,20H,6-7,13H2,1-5H3,(H,22,24). The third-order valence-electron chi connectivity index (χ3n) is 3.98. The van der Waals surface area contributed by atoms with Crippen LogP contribution in [0.5, 0.6) is 11.5 Å². The van der Waals surface area contributed by atoms with E-state index in [1.807, 2.05) is 45.2 Å². The summed E-state index contributed by atoms with van der Waals surface area (Å²) in [5.41, 5.74) is 2.03. The van der Waals surface area contributed by atoms with Crippen LogP contribution < -0.4 is 14.8 Å². The van der Waals surface area contributed by atoms with Gasteiger partial charge in [0.15, 0.2) is 11.5 Å². The van der Waals surface area contributed by atoms with E-state index in [-0.39, 0.29) is 24.4 Å². The van der Waals surface area contributed by atoms with Crippen molar-refractivity contribution in [2.75, 3.05) is 13.2 Å². The predicted octanol–water partition coefficient (Wildman–Crippen LogP) is 3.50. The van der Waals surface area contributed by atoms with Crippen LogP contribution >= 0.6 is 0 Å². The Balaban J connectivity index is 2.17. The summed E-state index contributed by atoms with van der Waals surface area (Å²) in [6, 6.07) is 5.73. The van der Waals surface area contributed by atoms with Gasteiger partial charge in [-0.15, -0.1) is 0 Å². The summed E-state index contributed by atoms with van der Waals surface area (Å²) >= 11 is 0. The third kappa shape index (κ3) is 5.25. The van der Waals surface area contributed by atoms with E-state index in [1.54, 1.807) is 10.9 Å². The van der Waals surface area contributed by atoms with Crippen LogP contribution in [0.25, 0.3) is 0 Å². The second-order valence-electron chi connectivity index (χ2n) is 6.58. The maximum absolute atomic E-state index is 12.5. The van der Waals surface area contributed by atoms with Gasteiger partial charge in [0.25, 0.3) is 0 Å². The average molecular weight is 359 g/mol. The fourth-order valence-corrected chi connectivity index (χ4v) is 2.82. The van der Waals surface area contributed by atoms with E-state index in [2.05, 4.69) is 24.3 Å². The van der Waals surface area contributed by atoms with Crippen LogP contribution in [0.2, 0.25) is 0 Å². The number of carbonyl (C=O) groups excluding carboxylic acids is 1. The van der Waals surface area contributed by atoms with Crippen molar-refractivity contribution < 1.29 is 14.3 Å². The monoisotopic (exact) mass is 359 g/mol. The summed E-state index contributed by atoms with van der Waals surface area (Å²) < 4.78 is 13.0. The molecule has 1 aromatic heterocycles. The Bertz CT molecular complexity index is 725. The van der Waals surface area contributed by atoms with Gasteiger partial charge >= 0.3 is 0 Å². The fourth-order valence-electron chi connectivity index (χ4n) is 2.82. The molecule has 1 unspecified atom stereocenters. The number of rotatable bonds is 9. The molecular weight excluding hydrogens is 330 g/mol. The number of hydrogen-bond acceptors (Lipinski definition) is 4. The Hall–Kier alpha value is -2.50. The lowest BCUT2D eigenvalue weighted by molar-refractivity contribution is -0.122. The number of aryl methyl sites for hydroxylation is 1. The maximum atomic E-state index is 12.5. The second kappa shape index (κ2) is 9.27. The van der Waals surface area contributed by atoms with E-state index in [0.29, 0.717) is 19.0 Å². The summed E-state index contributed by atoms with van der Waals surface area (Å²) in [6.07, 6.45) is 3.60. The van der Waals surface area contributed by atoms with Crippen molar-refractivity contribution in [1.82, 2.24) is 15.1 Å². The Morgan fingerprint density at radius 2 is 1.88 bits per heavy atom. The topological polar surface area (TPSA) is 65.4 Å². The number of amides is 1. The number of ether oxygens (including phenoxy) is 2. The van der Waals surface area contributed by atoms with Crippen molar-refractivity contribution in [2.24, 2.45) is 5.92 Å². The van der Waals surface area contributed by atoms with Crippen LogP contribution in [-0.2, 0) is 11.3 Å². The van der Waals surface area contributed by atoms with Gasteiger partial charge in [-0.1, -0.05) is 19.9 Å². The fraction of sp³-hybridized carbons (Fsp3) is 0.500. The number of nitrogens with one attached hydrogen (secondary N) is 1. The molecule has 1 amide bonds. The SMILES string of the molecule is CCOc1ccc(C(NC(=O)Cn2cc(C)cn2)C(C)C)cc1OCC. The molecule has 0 radical (unpaired) electrons. The summed E-state index contributed by atoms with van der Waals surface area (Å²) in [5.74, 6) is 1.58. The Morgan fingerprint density at radius 3 is 2.46 bits per heavy atom. The van der Waals surface area contributed by atoms with Crippen molar-refractivity contribution in [1.29, 1.82) is 0 Å². The molecule has 0 aliphatic rings. The van der Waals surface area contributed by atoms with E-state index in [9.17, 15) is 4.79 Å². The van der Waals surface area contributed by atoms with Crippen molar-refractivity contribution in [2.45, 2.75) is 47.2 Å². The molecule has 142 valence electrons. The highest BCUT2D eigenvalue weighted by molar-refractivity contribution is 5.76. The second-order valence-corrected chi connectivity index (χ2v) is 6.58. The average Bonchev–Trinajstić information content (AvgIpc) is 2.99. The molecule has 6 heteroatoms. The van der Waals surface area contributed by atoms with E-state index in [1.165, 1.54) is 0 Å². The molecule has 1 aromatic carbocycles. The highest BCUT2D eigenvalue weighted by Gasteiger charge is 2.20. The molecule has 0 aliphatic carbocycles. The smallest absolute Gasteiger partial charge is 0.242 e. The highest BCUT2D eigenvalue weighted by Crippen LogP contribution is 2.32. The quantitative estimate of drug-likeness (QED) is 0.744. The van der Waals surface area contributed by atoms with Crippen molar-refractivity contribution >= 4 is 5.91 Å². The van der Waals surface area contributed by atoms with Gasteiger partial charge in [0.1, 0.15) is 6.54 Å².